The first-order valence-electron chi connectivity index (χ1n) is 9.27. The lowest BCUT2D eigenvalue weighted by atomic mass is 10.0. The van der Waals surface area contributed by atoms with E-state index in [1.807, 2.05) is 6.26 Å². The molecule has 0 fully saturated rings. The maximum Gasteiger partial charge on any atom is 0.326 e. The number of thioether (sulfide) groups is 1. The molecule has 1 aromatic rings. The van der Waals surface area contributed by atoms with Gasteiger partial charge >= 0.3 is 5.97 Å². The third-order valence-corrected chi connectivity index (χ3v) is 4.83. The number of amides is 3. The van der Waals surface area contributed by atoms with Gasteiger partial charge in [0.25, 0.3) is 0 Å². The van der Waals surface area contributed by atoms with Crippen LogP contribution in [0.5, 0.6) is 5.75 Å². The van der Waals surface area contributed by atoms with Gasteiger partial charge in [0.05, 0.1) is 6.54 Å². The highest BCUT2D eigenvalue weighted by atomic mass is 32.2. The van der Waals surface area contributed by atoms with Crippen LogP contribution in [0.15, 0.2) is 24.3 Å². The molecule has 30 heavy (non-hydrogen) atoms. The van der Waals surface area contributed by atoms with Crippen molar-refractivity contribution in [2.45, 2.75) is 37.9 Å². The summed E-state index contributed by atoms with van der Waals surface area (Å²) in [4.78, 5) is 48.0. The van der Waals surface area contributed by atoms with Crippen LogP contribution in [0.3, 0.4) is 0 Å². The number of carbonyl (C=O) groups is 4. The molecule has 3 unspecified atom stereocenters. The molecule has 3 atom stereocenters. The van der Waals surface area contributed by atoms with E-state index in [1.165, 1.54) is 30.8 Å². The van der Waals surface area contributed by atoms with Crippen molar-refractivity contribution in [3.8, 4) is 5.75 Å². The van der Waals surface area contributed by atoms with Crippen LogP contribution in [0.25, 0.3) is 0 Å². The first-order valence-corrected chi connectivity index (χ1v) is 10.7. The second kappa shape index (κ2) is 12.7. The average molecular weight is 441 g/mol. The zero-order valence-electron chi connectivity index (χ0n) is 16.9. The van der Waals surface area contributed by atoms with Gasteiger partial charge in [-0.15, -0.1) is 0 Å². The Balaban J connectivity index is 2.83. The van der Waals surface area contributed by atoms with Gasteiger partial charge in [0.2, 0.25) is 17.7 Å². The highest BCUT2D eigenvalue weighted by molar-refractivity contribution is 7.98. The van der Waals surface area contributed by atoms with E-state index in [4.69, 9.17) is 5.73 Å². The first kappa shape index (κ1) is 25.2. The minimum atomic E-state index is -1.23. The lowest BCUT2D eigenvalue weighted by Crippen LogP contribution is -2.56. The van der Waals surface area contributed by atoms with E-state index in [9.17, 15) is 29.4 Å². The maximum atomic E-state index is 12.7. The number of phenols is 1. The molecule has 0 saturated heterocycles. The molecule has 0 aliphatic heterocycles. The maximum absolute atomic E-state index is 12.7. The van der Waals surface area contributed by atoms with E-state index < -0.39 is 41.8 Å². The molecule has 7 N–H and O–H groups in total. The fourth-order valence-corrected chi connectivity index (χ4v) is 2.98. The van der Waals surface area contributed by atoms with Gasteiger partial charge in [-0.3, -0.25) is 14.4 Å². The summed E-state index contributed by atoms with van der Waals surface area (Å²) in [6.07, 6.45) is 2.13. The van der Waals surface area contributed by atoms with E-state index in [-0.39, 0.29) is 25.1 Å². The molecule has 3 amide bonds. The molecular formula is C19H28N4O6S. The van der Waals surface area contributed by atoms with Gasteiger partial charge in [0.1, 0.15) is 23.9 Å². The molecule has 10 nitrogen and oxygen atoms in total. The number of carboxylic acid groups (broad SMARTS) is 1. The summed E-state index contributed by atoms with van der Waals surface area (Å²) in [5, 5.41) is 26.2. The largest absolute Gasteiger partial charge is 0.508 e. The van der Waals surface area contributed by atoms with Crippen LogP contribution in [0.1, 0.15) is 18.9 Å². The summed E-state index contributed by atoms with van der Waals surface area (Å²) in [5.74, 6) is -2.36. The summed E-state index contributed by atoms with van der Waals surface area (Å²) in [6.45, 7) is 1.18. The molecule has 0 heterocycles. The number of aliphatic carboxylic acids is 1. The van der Waals surface area contributed by atoms with Crippen LogP contribution in [-0.4, -0.2) is 70.6 Å². The smallest absolute Gasteiger partial charge is 0.326 e. The molecule has 0 aromatic heterocycles. The number of hydrogen-bond acceptors (Lipinski definition) is 7. The molecule has 1 aromatic carbocycles. The summed E-state index contributed by atoms with van der Waals surface area (Å²) in [5.41, 5.74) is 5.82. The molecule has 0 spiro atoms. The van der Waals surface area contributed by atoms with Crippen molar-refractivity contribution >= 4 is 35.5 Å². The van der Waals surface area contributed by atoms with Gasteiger partial charge in [-0.1, -0.05) is 12.1 Å². The zero-order chi connectivity index (χ0) is 22.7. The van der Waals surface area contributed by atoms with Crippen LogP contribution in [0, 0.1) is 0 Å². The number of phenolic OH excluding ortho intramolecular Hbond substituents is 1. The summed E-state index contributed by atoms with van der Waals surface area (Å²) < 4.78 is 0. The Labute approximate surface area is 179 Å². The molecular weight excluding hydrogens is 412 g/mol. The molecule has 1 rings (SSSR count). The summed E-state index contributed by atoms with van der Waals surface area (Å²) in [7, 11) is 0. The van der Waals surface area contributed by atoms with Gasteiger partial charge in [-0.25, -0.2) is 4.79 Å². The standard InChI is InChI=1S/C19H28N4O6S/c1-11(21-16(25)10-20)17(26)22-14(7-8-30-2)18(27)23-15(19(28)29)9-12-3-5-13(24)6-4-12/h3-6,11,14-15,24H,7-10,20H2,1-2H3,(H,21,25)(H,22,26)(H,23,27)(H,28,29). The number of nitrogens with one attached hydrogen (secondary N) is 3. The number of carboxylic acids is 1. The first-order chi connectivity index (χ1) is 14.2. The molecule has 0 saturated carbocycles. The van der Waals surface area contributed by atoms with Crippen LogP contribution in [0.4, 0.5) is 0 Å². The molecule has 0 aliphatic rings. The highest BCUT2D eigenvalue weighted by Crippen LogP contribution is 2.12. The second-order valence-corrected chi connectivity index (χ2v) is 7.59. The minimum absolute atomic E-state index is 0.00745. The van der Waals surface area contributed by atoms with Gasteiger partial charge in [-0.2, -0.15) is 11.8 Å². The average Bonchev–Trinajstić information content (AvgIpc) is 2.71. The third kappa shape index (κ3) is 8.70. The van der Waals surface area contributed by atoms with E-state index in [1.54, 1.807) is 12.1 Å². The lowest BCUT2D eigenvalue weighted by Gasteiger charge is -2.23. The number of benzene rings is 1. The van der Waals surface area contributed by atoms with Crippen LogP contribution in [-0.2, 0) is 25.6 Å². The Hall–Kier alpha value is -2.79. The van der Waals surface area contributed by atoms with Crippen molar-refractivity contribution < 1.29 is 29.4 Å². The van der Waals surface area contributed by atoms with Gasteiger partial charge in [0.15, 0.2) is 0 Å². The number of hydrogen-bond donors (Lipinski definition) is 6. The normalized spacial score (nSPS) is 13.6. The number of carbonyl (C=O) groups excluding carboxylic acids is 3. The number of aromatic hydroxyl groups is 1. The minimum Gasteiger partial charge on any atom is -0.508 e. The Morgan fingerprint density at radius 1 is 1.03 bits per heavy atom. The van der Waals surface area contributed by atoms with Crippen molar-refractivity contribution in [1.82, 2.24) is 16.0 Å². The van der Waals surface area contributed by atoms with Gasteiger partial charge in [-0.05, 0) is 43.0 Å². The fourth-order valence-electron chi connectivity index (χ4n) is 2.51. The van der Waals surface area contributed by atoms with Crippen molar-refractivity contribution in [1.29, 1.82) is 0 Å². The molecule has 0 aliphatic carbocycles. The van der Waals surface area contributed by atoms with Crippen molar-refractivity contribution in [3.63, 3.8) is 0 Å². The highest BCUT2D eigenvalue weighted by Gasteiger charge is 2.28. The van der Waals surface area contributed by atoms with Crippen molar-refractivity contribution in [2.75, 3.05) is 18.6 Å². The predicted molar refractivity (Wildman–Crippen MR) is 113 cm³/mol. The van der Waals surface area contributed by atoms with Gasteiger partial charge in [0, 0.05) is 6.42 Å². The Kier molecular flexibility index (Phi) is 10.7. The van der Waals surface area contributed by atoms with Crippen LogP contribution < -0.4 is 21.7 Å². The topological polar surface area (TPSA) is 171 Å². The van der Waals surface area contributed by atoms with E-state index in [0.717, 1.165) is 0 Å². The number of nitrogens with two attached hydrogens (primary N) is 1. The van der Waals surface area contributed by atoms with Crippen LogP contribution >= 0.6 is 11.8 Å². The van der Waals surface area contributed by atoms with Crippen LogP contribution in [0.2, 0.25) is 0 Å². The zero-order valence-corrected chi connectivity index (χ0v) is 17.7. The Bertz CT molecular complexity index is 743. The van der Waals surface area contributed by atoms with E-state index in [2.05, 4.69) is 16.0 Å². The molecule has 11 heteroatoms. The second-order valence-electron chi connectivity index (χ2n) is 6.61. The monoisotopic (exact) mass is 440 g/mol. The molecule has 0 bridgehead atoms. The molecule has 166 valence electrons. The Morgan fingerprint density at radius 3 is 2.17 bits per heavy atom. The third-order valence-electron chi connectivity index (χ3n) is 4.19. The fraction of sp³-hybridized carbons (Fsp3) is 0.474. The van der Waals surface area contributed by atoms with E-state index >= 15 is 0 Å². The number of rotatable bonds is 12. The molecule has 0 radical (unpaired) electrons. The summed E-state index contributed by atoms with van der Waals surface area (Å²) >= 11 is 1.47. The van der Waals surface area contributed by atoms with Crippen molar-refractivity contribution in [3.05, 3.63) is 29.8 Å². The summed E-state index contributed by atoms with van der Waals surface area (Å²) in [6, 6.07) is 2.88. The quantitative estimate of drug-likeness (QED) is 0.245. The van der Waals surface area contributed by atoms with Crippen molar-refractivity contribution in [2.24, 2.45) is 5.73 Å². The lowest BCUT2D eigenvalue weighted by molar-refractivity contribution is -0.142. The van der Waals surface area contributed by atoms with Gasteiger partial charge < -0.3 is 31.9 Å². The predicted octanol–water partition coefficient (Wildman–Crippen LogP) is -0.795. The Morgan fingerprint density at radius 2 is 1.63 bits per heavy atom. The van der Waals surface area contributed by atoms with E-state index in [0.29, 0.717) is 11.3 Å². The SMILES string of the molecule is CSCCC(NC(=O)C(C)NC(=O)CN)C(=O)NC(Cc1ccc(O)cc1)C(=O)O.